The summed E-state index contributed by atoms with van der Waals surface area (Å²) >= 11 is 0. The summed E-state index contributed by atoms with van der Waals surface area (Å²) in [6.45, 7) is 6.55. The molecular weight excluding hydrogens is 350 g/mol. The summed E-state index contributed by atoms with van der Waals surface area (Å²) in [6.07, 6.45) is 1.70. The van der Waals surface area contributed by atoms with Gasteiger partial charge in [-0.15, -0.1) is 0 Å². The standard InChI is InChI=1S/C22H23N5O.2H2/c1-21(2,3)19-11-13-10-15(5-7-16(13)24-19)23-20(28)22(8-9-22)14-4-6-17-18(12-14)26-27-25-17;;/h4-7,10-12,24H,8-9H2,1-3H3,(H,23,28)(H,25,26,27);2*1H. The average molecular weight is 377 g/mol. The van der Waals surface area contributed by atoms with Crippen molar-refractivity contribution in [3.8, 4) is 0 Å². The molecule has 1 saturated carbocycles. The molecule has 5 rings (SSSR count). The number of nitrogens with one attached hydrogen (secondary N) is 3. The molecule has 1 fully saturated rings. The SMILES string of the molecule is CC(C)(C)c1cc2cc(NC(=O)C3(c4ccc5n[nH]nc5c4)CC3)ccc2[nH]1.[HH].[HH]. The Kier molecular flexibility index (Phi) is 3.44. The minimum Gasteiger partial charge on any atom is -0.358 e. The van der Waals surface area contributed by atoms with Crippen LogP contribution in [0, 0.1) is 0 Å². The molecule has 0 atom stereocenters. The summed E-state index contributed by atoms with van der Waals surface area (Å²) in [7, 11) is 0. The maximum absolute atomic E-state index is 13.1. The minimum absolute atomic E-state index is 0. The third-order valence-corrected chi connectivity index (χ3v) is 5.74. The molecule has 3 N–H and O–H groups in total. The lowest BCUT2D eigenvalue weighted by molar-refractivity contribution is -0.118. The quantitative estimate of drug-likeness (QED) is 0.475. The molecule has 1 aliphatic rings. The summed E-state index contributed by atoms with van der Waals surface area (Å²) in [4.78, 5) is 16.6. The van der Waals surface area contributed by atoms with Crippen LogP contribution in [0.15, 0.2) is 42.5 Å². The van der Waals surface area contributed by atoms with Crippen LogP contribution in [0.5, 0.6) is 0 Å². The van der Waals surface area contributed by atoms with Crippen molar-refractivity contribution in [3.05, 3.63) is 53.7 Å². The van der Waals surface area contributed by atoms with Crippen molar-refractivity contribution in [1.29, 1.82) is 0 Å². The molecular formula is C22H27N5O. The van der Waals surface area contributed by atoms with E-state index < -0.39 is 5.41 Å². The Morgan fingerprint density at radius 3 is 2.61 bits per heavy atom. The van der Waals surface area contributed by atoms with Gasteiger partial charge in [-0.05, 0) is 54.8 Å². The maximum atomic E-state index is 13.1. The Bertz CT molecular complexity index is 1220. The molecule has 0 radical (unpaired) electrons. The van der Waals surface area contributed by atoms with Gasteiger partial charge in [0.1, 0.15) is 11.0 Å². The lowest BCUT2D eigenvalue weighted by Gasteiger charge is -2.16. The highest BCUT2D eigenvalue weighted by Gasteiger charge is 2.51. The lowest BCUT2D eigenvalue weighted by atomic mass is 9.92. The van der Waals surface area contributed by atoms with Gasteiger partial charge in [0.15, 0.2) is 0 Å². The van der Waals surface area contributed by atoms with Gasteiger partial charge in [-0.1, -0.05) is 26.8 Å². The molecule has 2 aromatic heterocycles. The number of amides is 1. The van der Waals surface area contributed by atoms with Gasteiger partial charge in [0.05, 0.1) is 5.41 Å². The van der Waals surface area contributed by atoms with E-state index in [1.165, 1.54) is 5.69 Å². The fourth-order valence-electron chi connectivity index (χ4n) is 3.77. The molecule has 0 spiro atoms. The number of fused-ring (bicyclic) bond motifs is 2. The number of aromatic nitrogens is 4. The highest BCUT2D eigenvalue weighted by atomic mass is 16.2. The second-order valence-electron chi connectivity index (χ2n) is 8.80. The Labute approximate surface area is 165 Å². The van der Waals surface area contributed by atoms with Crippen LogP contribution >= 0.6 is 0 Å². The Morgan fingerprint density at radius 1 is 1.07 bits per heavy atom. The summed E-state index contributed by atoms with van der Waals surface area (Å²) in [5, 5.41) is 15.1. The molecule has 28 heavy (non-hydrogen) atoms. The number of rotatable bonds is 3. The van der Waals surface area contributed by atoms with E-state index in [2.05, 4.69) is 52.5 Å². The Morgan fingerprint density at radius 2 is 1.86 bits per heavy atom. The van der Waals surface area contributed by atoms with Crippen molar-refractivity contribution < 1.29 is 7.65 Å². The zero-order chi connectivity index (χ0) is 19.5. The fourth-order valence-corrected chi connectivity index (χ4v) is 3.77. The van der Waals surface area contributed by atoms with E-state index >= 15 is 0 Å². The van der Waals surface area contributed by atoms with Crippen LogP contribution in [-0.4, -0.2) is 26.3 Å². The van der Waals surface area contributed by atoms with Gasteiger partial charge in [-0.3, -0.25) is 4.79 Å². The predicted molar refractivity (Wildman–Crippen MR) is 115 cm³/mol. The van der Waals surface area contributed by atoms with Crippen molar-refractivity contribution in [1.82, 2.24) is 20.4 Å². The van der Waals surface area contributed by atoms with Crippen LogP contribution in [-0.2, 0) is 15.6 Å². The first-order valence-electron chi connectivity index (χ1n) is 9.61. The van der Waals surface area contributed by atoms with Gasteiger partial charge in [-0.2, -0.15) is 15.4 Å². The fraction of sp³-hybridized carbons (Fsp3) is 0.318. The van der Waals surface area contributed by atoms with E-state index in [-0.39, 0.29) is 14.2 Å². The van der Waals surface area contributed by atoms with Crippen molar-refractivity contribution in [2.24, 2.45) is 0 Å². The third-order valence-electron chi connectivity index (χ3n) is 5.74. The largest absolute Gasteiger partial charge is 0.358 e. The molecule has 0 bridgehead atoms. The number of anilines is 1. The topological polar surface area (TPSA) is 86.5 Å². The molecule has 6 heteroatoms. The number of nitrogens with zero attached hydrogens (tertiary/aromatic N) is 2. The van der Waals surface area contributed by atoms with Gasteiger partial charge in [0.2, 0.25) is 5.91 Å². The monoisotopic (exact) mass is 377 g/mol. The number of hydrogen-bond acceptors (Lipinski definition) is 3. The maximum Gasteiger partial charge on any atom is 0.235 e. The summed E-state index contributed by atoms with van der Waals surface area (Å²) in [6, 6.07) is 14.1. The molecule has 1 aliphatic carbocycles. The molecule has 0 saturated heterocycles. The van der Waals surface area contributed by atoms with E-state index in [1.807, 2.05) is 36.4 Å². The van der Waals surface area contributed by atoms with Crippen LogP contribution in [0.25, 0.3) is 21.9 Å². The molecule has 2 heterocycles. The zero-order valence-corrected chi connectivity index (χ0v) is 16.3. The number of aromatic amines is 2. The molecule has 1 amide bonds. The van der Waals surface area contributed by atoms with Crippen molar-refractivity contribution in [2.45, 2.75) is 44.4 Å². The number of benzene rings is 2. The van der Waals surface area contributed by atoms with Crippen LogP contribution in [0.2, 0.25) is 0 Å². The summed E-state index contributed by atoms with van der Waals surface area (Å²) in [5.41, 5.74) is 5.30. The van der Waals surface area contributed by atoms with Crippen LogP contribution in [0.3, 0.4) is 0 Å². The molecule has 6 nitrogen and oxygen atoms in total. The minimum atomic E-state index is -0.461. The smallest absolute Gasteiger partial charge is 0.235 e. The summed E-state index contributed by atoms with van der Waals surface area (Å²) < 4.78 is 0. The molecule has 4 aromatic rings. The van der Waals surface area contributed by atoms with E-state index in [1.54, 1.807) is 0 Å². The third kappa shape index (κ3) is 2.68. The zero-order valence-electron chi connectivity index (χ0n) is 16.3. The Balaban J connectivity index is 0.00000128. The number of carbonyl (C=O) groups excluding carboxylic acids is 1. The molecule has 146 valence electrons. The molecule has 0 unspecified atom stereocenters. The Hall–Kier alpha value is -3.15. The van der Waals surface area contributed by atoms with Crippen LogP contribution in [0.1, 0.15) is 47.7 Å². The van der Waals surface area contributed by atoms with Gasteiger partial charge >= 0.3 is 0 Å². The lowest BCUT2D eigenvalue weighted by Crippen LogP contribution is -2.27. The van der Waals surface area contributed by atoms with Crippen molar-refractivity contribution in [3.63, 3.8) is 0 Å². The van der Waals surface area contributed by atoms with Crippen LogP contribution < -0.4 is 5.32 Å². The summed E-state index contributed by atoms with van der Waals surface area (Å²) in [5.74, 6) is 0.0428. The normalized spacial score (nSPS) is 15.8. The van der Waals surface area contributed by atoms with Crippen molar-refractivity contribution in [2.75, 3.05) is 5.32 Å². The molecule has 0 aliphatic heterocycles. The van der Waals surface area contributed by atoms with E-state index in [4.69, 9.17) is 0 Å². The second-order valence-corrected chi connectivity index (χ2v) is 8.80. The number of H-pyrrole nitrogens is 2. The first-order chi connectivity index (χ1) is 13.3. The second kappa shape index (κ2) is 5.67. The predicted octanol–water partition coefficient (Wildman–Crippen LogP) is 4.90. The van der Waals surface area contributed by atoms with Gasteiger partial charge in [0, 0.05) is 30.6 Å². The van der Waals surface area contributed by atoms with Crippen LogP contribution in [0.4, 0.5) is 5.69 Å². The van der Waals surface area contributed by atoms with Gasteiger partial charge in [-0.25, -0.2) is 0 Å². The first kappa shape index (κ1) is 17.0. The highest BCUT2D eigenvalue weighted by molar-refractivity contribution is 6.03. The average Bonchev–Trinajstić information content (AvgIpc) is 3.13. The van der Waals surface area contributed by atoms with E-state index in [9.17, 15) is 4.79 Å². The van der Waals surface area contributed by atoms with Gasteiger partial charge in [0.25, 0.3) is 0 Å². The van der Waals surface area contributed by atoms with Crippen molar-refractivity contribution >= 4 is 33.5 Å². The number of carbonyl (C=O) groups is 1. The van der Waals surface area contributed by atoms with E-state index in [0.717, 1.165) is 46.0 Å². The number of hydrogen-bond donors (Lipinski definition) is 3. The van der Waals surface area contributed by atoms with Gasteiger partial charge < -0.3 is 10.3 Å². The highest BCUT2D eigenvalue weighted by Crippen LogP contribution is 2.49. The first-order valence-corrected chi connectivity index (χ1v) is 9.61. The molecule has 2 aromatic carbocycles. The van der Waals surface area contributed by atoms with E-state index in [0.29, 0.717) is 0 Å².